The molecule has 0 spiro atoms. The maximum atomic E-state index is 14.4. The number of carbonyl (C=O) groups is 1. The van der Waals surface area contributed by atoms with Gasteiger partial charge in [0.05, 0.1) is 11.3 Å². The average Bonchev–Trinajstić information content (AvgIpc) is 3.14. The number of nitrogens with one attached hydrogen (secondary N) is 2. The minimum atomic E-state index is -4.12. The molecule has 29 heavy (non-hydrogen) atoms. The molecule has 0 unspecified atom stereocenters. The first-order chi connectivity index (χ1) is 13.4. The summed E-state index contributed by atoms with van der Waals surface area (Å²) in [6.07, 6.45) is 1.18. The highest BCUT2D eigenvalue weighted by atomic mass is 32.2. The number of amides is 2. The number of hydrogen-bond donors (Lipinski definition) is 3. The van der Waals surface area contributed by atoms with Crippen LogP contribution in [0, 0.1) is 5.82 Å². The van der Waals surface area contributed by atoms with Gasteiger partial charge in [-0.15, -0.1) is 11.3 Å². The average molecular weight is 441 g/mol. The molecule has 0 atom stereocenters. The number of thiophene rings is 1. The number of carbonyl (C=O) groups excluding carboxylic acids is 1. The number of rotatable bonds is 6. The van der Waals surface area contributed by atoms with Crippen LogP contribution in [0.1, 0.15) is 69.1 Å². The van der Waals surface area contributed by atoms with E-state index >= 15 is 0 Å². The summed E-state index contributed by atoms with van der Waals surface area (Å²) in [5.74, 6) is -0.665. The van der Waals surface area contributed by atoms with E-state index in [1.807, 2.05) is 18.6 Å². The van der Waals surface area contributed by atoms with E-state index in [0.29, 0.717) is 29.7 Å². The molecule has 6 nitrogen and oxygen atoms in total. The van der Waals surface area contributed by atoms with Crippen molar-refractivity contribution in [3.05, 3.63) is 46.1 Å². The Kier molecular flexibility index (Phi) is 5.77. The molecule has 2 amide bonds. The molecule has 1 fully saturated rings. The maximum Gasteiger partial charge on any atom is 0.333 e. The van der Waals surface area contributed by atoms with Crippen molar-refractivity contribution in [2.75, 3.05) is 5.32 Å². The van der Waals surface area contributed by atoms with E-state index in [1.54, 1.807) is 25.3 Å². The summed E-state index contributed by atoms with van der Waals surface area (Å²) in [5.41, 5.74) is 0.932. The third-order valence-electron chi connectivity index (χ3n) is 4.99. The Morgan fingerprint density at radius 2 is 1.86 bits per heavy atom. The molecule has 1 aliphatic rings. The molecule has 1 aliphatic carbocycles. The van der Waals surface area contributed by atoms with Gasteiger partial charge in [0.15, 0.2) is 0 Å². The molecular weight excluding hydrogens is 415 g/mol. The molecule has 0 bridgehead atoms. The van der Waals surface area contributed by atoms with E-state index in [1.165, 1.54) is 12.1 Å². The highest BCUT2D eigenvalue weighted by Crippen LogP contribution is 2.47. The van der Waals surface area contributed by atoms with Gasteiger partial charge in [0.25, 0.3) is 10.0 Å². The monoisotopic (exact) mass is 440 g/mol. The number of sulfonamides is 1. The molecular formula is C20H25FN2O4S2. The van der Waals surface area contributed by atoms with Crippen LogP contribution in [0.25, 0.3) is 0 Å². The fourth-order valence-electron chi connectivity index (χ4n) is 3.22. The summed E-state index contributed by atoms with van der Waals surface area (Å²) in [6, 6.07) is 3.38. The van der Waals surface area contributed by atoms with Crippen LogP contribution in [0.4, 0.5) is 14.9 Å². The van der Waals surface area contributed by atoms with Crippen molar-refractivity contribution in [3.8, 4) is 0 Å². The van der Waals surface area contributed by atoms with Gasteiger partial charge in [-0.05, 0) is 53.3 Å². The summed E-state index contributed by atoms with van der Waals surface area (Å²) < 4.78 is 41.5. The van der Waals surface area contributed by atoms with Crippen LogP contribution in [0.15, 0.2) is 27.8 Å². The summed E-state index contributed by atoms with van der Waals surface area (Å²) >= 11 is 0.940. The molecule has 9 heteroatoms. The van der Waals surface area contributed by atoms with Crippen molar-refractivity contribution in [1.82, 2.24) is 4.72 Å². The highest BCUT2D eigenvalue weighted by molar-refractivity contribution is 7.92. The van der Waals surface area contributed by atoms with E-state index in [0.717, 1.165) is 16.9 Å². The van der Waals surface area contributed by atoms with Crippen LogP contribution in [-0.4, -0.2) is 19.6 Å². The lowest BCUT2D eigenvalue weighted by Crippen LogP contribution is -2.34. The normalized spacial score (nSPS) is 15.6. The molecule has 3 N–H and O–H groups in total. The van der Waals surface area contributed by atoms with Crippen LogP contribution >= 0.6 is 11.3 Å². The van der Waals surface area contributed by atoms with Crippen molar-refractivity contribution < 1.29 is 22.7 Å². The molecule has 1 aromatic carbocycles. The molecule has 3 rings (SSSR count). The Morgan fingerprint density at radius 3 is 2.41 bits per heavy atom. The van der Waals surface area contributed by atoms with Gasteiger partial charge < -0.3 is 10.4 Å². The third kappa shape index (κ3) is 4.46. The molecule has 1 heterocycles. The Labute approximate surface area is 174 Å². The van der Waals surface area contributed by atoms with Gasteiger partial charge in [-0.3, -0.25) is 0 Å². The lowest BCUT2D eigenvalue weighted by molar-refractivity contribution is 0.152. The Balaban J connectivity index is 1.85. The lowest BCUT2D eigenvalue weighted by Gasteiger charge is -2.21. The highest BCUT2D eigenvalue weighted by Gasteiger charge is 2.43. The smallest absolute Gasteiger partial charge is 0.333 e. The second kappa shape index (κ2) is 7.70. The molecule has 1 saturated carbocycles. The molecule has 1 aromatic heterocycles. The number of aliphatic hydroxyl groups is 1. The zero-order chi connectivity index (χ0) is 21.6. The van der Waals surface area contributed by atoms with Crippen LogP contribution in [0.2, 0.25) is 0 Å². The first kappa shape index (κ1) is 21.7. The minimum absolute atomic E-state index is 0.000790. The fraction of sp³-hybridized carbons (Fsp3) is 0.450. The second-order valence-corrected chi connectivity index (χ2v) is 10.8. The van der Waals surface area contributed by atoms with Gasteiger partial charge in [0.2, 0.25) is 0 Å². The van der Waals surface area contributed by atoms with Crippen LogP contribution in [0.5, 0.6) is 0 Å². The lowest BCUT2D eigenvalue weighted by atomic mass is 9.92. The number of urea groups is 1. The van der Waals surface area contributed by atoms with E-state index in [-0.39, 0.29) is 16.0 Å². The second-order valence-electron chi connectivity index (χ2n) is 7.98. The van der Waals surface area contributed by atoms with Crippen molar-refractivity contribution >= 4 is 33.1 Å². The molecule has 158 valence electrons. The van der Waals surface area contributed by atoms with E-state index in [2.05, 4.69) is 5.32 Å². The Hall–Kier alpha value is -1.97. The van der Waals surface area contributed by atoms with E-state index in [9.17, 15) is 22.7 Å². The minimum Gasteiger partial charge on any atom is -0.385 e. The summed E-state index contributed by atoms with van der Waals surface area (Å²) in [4.78, 5) is 12.5. The van der Waals surface area contributed by atoms with Crippen molar-refractivity contribution in [2.24, 2.45) is 0 Å². The van der Waals surface area contributed by atoms with Crippen LogP contribution in [0.3, 0.4) is 0 Å². The topological polar surface area (TPSA) is 95.5 Å². The largest absolute Gasteiger partial charge is 0.385 e. The standard InChI is InChI=1S/C20H25FN2O4S2/c1-11(2)14-5-6-15(21)17(12(3)4)18(14)22-19(24)23-29(26,27)16-9-13(10-28-16)20(25)7-8-20/h5-6,9-12,25H,7-8H2,1-4H3,(H2,22,23,24). The van der Waals surface area contributed by atoms with Gasteiger partial charge in [0.1, 0.15) is 10.0 Å². The number of hydrogen-bond acceptors (Lipinski definition) is 5. The summed E-state index contributed by atoms with van der Waals surface area (Å²) in [6.45, 7) is 7.43. The van der Waals surface area contributed by atoms with E-state index < -0.39 is 27.5 Å². The summed E-state index contributed by atoms with van der Waals surface area (Å²) in [5, 5.41) is 14.3. The number of benzene rings is 1. The first-order valence-electron chi connectivity index (χ1n) is 9.42. The Morgan fingerprint density at radius 1 is 1.21 bits per heavy atom. The zero-order valence-corrected chi connectivity index (χ0v) is 18.4. The van der Waals surface area contributed by atoms with Crippen molar-refractivity contribution in [3.63, 3.8) is 0 Å². The van der Waals surface area contributed by atoms with Crippen molar-refractivity contribution in [1.29, 1.82) is 0 Å². The summed E-state index contributed by atoms with van der Waals surface area (Å²) in [7, 11) is -4.12. The van der Waals surface area contributed by atoms with Gasteiger partial charge in [-0.1, -0.05) is 33.8 Å². The number of halogens is 1. The zero-order valence-electron chi connectivity index (χ0n) is 16.7. The van der Waals surface area contributed by atoms with Gasteiger partial charge in [0, 0.05) is 5.56 Å². The quantitative estimate of drug-likeness (QED) is 0.610. The Bertz CT molecular complexity index is 1040. The molecule has 0 radical (unpaired) electrons. The van der Waals surface area contributed by atoms with Gasteiger partial charge in [-0.2, -0.15) is 0 Å². The fourth-order valence-corrected chi connectivity index (χ4v) is 5.40. The van der Waals surface area contributed by atoms with Gasteiger partial charge in [-0.25, -0.2) is 22.3 Å². The predicted molar refractivity (Wildman–Crippen MR) is 111 cm³/mol. The molecule has 0 aliphatic heterocycles. The van der Waals surface area contributed by atoms with Gasteiger partial charge >= 0.3 is 6.03 Å². The maximum absolute atomic E-state index is 14.4. The van der Waals surface area contributed by atoms with Crippen LogP contribution < -0.4 is 10.0 Å². The molecule has 2 aromatic rings. The van der Waals surface area contributed by atoms with Crippen LogP contribution in [-0.2, 0) is 15.6 Å². The first-order valence-corrected chi connectivity index (χ1v) is 11.8. The van der Waals surface area contributed by atoms with Crippen molar-refractivity contribution in [2.45, 2.75) is 62.2 Å². The molecule has 0 saturated heterocycles. The predicted octanol–water partition coefficient (Wildman–Crippen LogP) is 4.63. The number of anilines is 1. The SMILES string of the molecule is CC(C)c1ccc(F)c(C(C)C)c1NC(=O)NS(=O)(=O)c1cc(C2(O)CC2)cs1. The third-order valence-corrected chi connectivity index (χ3v) is 7.76. The van der Waals surface area contributed by atoms with E-state index in [4.69, 9.17) is 0 Å².